The van der Waals surface area contributed by atoms with Crippen LogP contribution in [0.3, 0.4) is 0 Å². The SMILES string of the molecule is Cc1ccc(S(=O)(=O)N2CCN(C(=O)c3ccc(C(=O)NC(C)(C)C)cc3)CC2)c(C)c1. The van der Waals surface area contributed by atoms with Gasteiger partial charge in [0.05, 0.1) is 4.90 Å². The second kappa shape index (κ2) is 9.03. The fourth-order valence-corrected chi connectivity index (χ4v) is 5.35. The lowest BCUT2D eigenvalue weighted by Crippen LogP contribution is -2.50. The third kappa shape index (κ3) is 5.37. The number of nitrogens with one attached hydrogen (secondary N) is 1. The van der Waals surface area contributed by atoms with Gasteiger partial charge >= 0.3 is 0 Å². The molecule has 0 radical (unpaired) electrons. The minimum absolute atomic E-state index is 0.170. The summed E-state index contributed by atoms with van der Waals surface area (Å²) in [4.78, 5) is 27.1. The van der Waals surface area contributed by atoms with E-state index >= 15 is 0 Å². The van der Waals surface area contributed by atoms with Gasteiger partial charge in [-0.15, -0.1) is 0 Å². The molecule has 0 aliphatic carbocycles. The Kier molecular flexibility index (Phi) is 6.76. The maximum atomic E-state index is 13.1. The second-order valence-corrected chi connectivity index (χ2v) is 11.2. The molecule has 0 unspecified atom stereocenters. The van der Waals surface area contributed by atoms with Crippen LogP contribution in [0.2, 0.25) is 0 Å². The van der Waals surface area contributed by atoms with Crippen molar-refractivity contribution in [3.8, 4) is 0 Å². The average Bonchev–Trinajstić information content (AvgIpc) is 2.72. The van der Waals surface area contributed by atoms with Gasteiger partial charge in [0.25, 0.3) is 11.8 Å². The van der Waals surface area contributed by atoms with Crippen LogP contribution in [-0.2, 0) is 10.0 Å². The minimum atomic E-state index is -3.60. The highest BCUT2D eigenvalue weighted by atomic mass is 32.2. The summed E-state index contributed by atoms with van der Waals surface area (Å²) in [6, 6.07) is 11.8. The molecule has 0 spiro atoms. The van der Waals surface area contributed by atoms with Gasteiger partial charge in [-0.05, 0) is 70.5 Å². The van der Waals surface area contributed by atoms with Crippen LogP contribution in [0.25, 0.3) is 0 Å². The molecule has 1 heterocycles. The van der Waals surface area contributed by atoms with Crippen molar-refractivity contribution >= 4 is 21.8 Å². The fourth-order valence-electron chi connectivity index (χ4n) is 3.72. The molecule has 2 amide bonds. The van der Waals surface area contributed by atoms with Gasteiger partial charge in [-0.25, -0.2) is 8.42 Å². The van der Waals surface area contributed by atoms with Gasteiger partial charge in [-0.2, -0.15) is 4.31 Å². The van der Waals surface area contributed by atoms with Crippen LogP contribution in [-0.4, -0.2) is 61.2 Å². The Bertz CT molecular complexity index is 1110. The minimum Gasteiger partial charge on any atom is -0.347 e. The van der Waals surface area contributed by atoms with Crippen LogP contribution in [0.15, 0.2) is 47.4 Å². The standard InChI is InChI=1S/C24H31N3O4S/c1-17-6-11-21(18(2)16-17)32(30,31)27-14-12-26(13-15-27)23(29)20-9-7-19(8-10-20)22(28)25-24(3,4)5/h6-11,16H,12-15H2,1-5H3,(H,25,28). The highest BCUT2D eigenvalue weighted by Gasteiger charge is 2.31. The summed E-state index contributed by atoms with van der Waals surface area (Å²) in [5, 5.41) is 2.89. The van der Waals surface area contributed by atoms with Gasteiger partial charge in [-0.3, -0.25) is 9.59 Å². The quantitative estimate of drug-likeness (QED) is 0.765. The Morgan fingerprint density at radius 2 is 1.44 bits per heavy atom. The third-order valence-electron chi connectivity index (χ3n) is 5.36. The molecule has 172 valence electrons. The topological polar surface area (TPSA) is 86.8 Å². The normalized spacial score (nSPS) is 15.5. The zero-order valence-electron chi connectivity index (χ0n) is 19.3. The van der Waals surface area contributed by atoms with Crippen molar-refractivity contribution < 1.29 is 18.0 Å². The number of hydrogen-bond donors (Lipinski definition) is 1. The number of hydrogen-bond acceptors (Lipinski definition) is 4. The number of benzene rings is 2. The average molecular weight is 458 g/mol. The first-order chi connectivity index (χ1) is 14.9. The maximum Gasteiger partial charge on any atom is 0.253 e. The van der Waals surface area contributed by atoms with Gasteiger partial charge in [0.1, 0.15) is 0 Å². The largest absolute Gasteiger partial charge is 0.347 e. The van der Waals surface area contributed by atoms with Gasteiger partial charge in [-0.1, -0.05) is 17.7 Å². The van der Waals surface area contributed by atoms with E-state index in [-0.39, 0.29) is 30.4 Å². The third-order valence-corrected chi connectivity index (χ3v) is 7.42. The molecule has 0 saturated carbocycles. The predicted octanol–water partition coefficient (Wildman–Crippen LogP) is 2.98. The van der Waals surface area contributed by atoms with Crippen molar-refractivity contribution in [3.05, 3.63) is 64.7 Å². The monoisotopic (exact) mass is 457 g/mol. The molecule has 1 aliphatic heterocycles. The Hall–Kier alpha value is -2.71. The number of sulfonamides is 1. The molecule has 1 fully saturated rings. The zero-order chi connectivity index (χ0) is 23.7. The van der Waals surface area contributed by atoms with E-state index in [0.29, 0.717) is 29.1 Å². The number of piperazine rings is 1. The molecule has 3 rings (SSSR count). The van der Waals surface area contributed by atoms with E-state index in [9.17, 15) is 18.0 Å². The highest BCUT2D eigenvalue weighted by Crippen LogP contribution is 2.22. The molecule has 0 atom stereocenters. The number of aryl methyl sites for hydroxylation is 2. The summed E-state index contributed by atoms with van der Waals surface area (Å²) in [5.41, 5.74) is 2.35. The van der Waals surface area contributed by atoms with Crippen molar-refractivity contribution in [2.24, 2.45) is 0 Å². The molecule has 0 bridgehead atoms. The van der Waals surface area contributed by atoms with Crippen molar-refractivity contribution in [2.45, 2.75) is 45.1 Å². The van der Waals surface area contributed by atoms with Crippen molar-refractivity contribution in [3.63, 3.8) is 0 Å². The fraction of sp³-hybridized carbons (Fsp3) is 0.417. The van der Waals surface area contributed by atoms with Crippen LogP contribution >= 0.6 is 0 Å². The molecular weight excluding hydrogens is 426 g/mol. The number of carbonyl (C=O) groups excluding carboxylic acids is 2. The van der Waals surface area contributed by atoms with E-state index in [1.165, 1.54) is 4.31 Å². The lowest BCUT2D eigenvalue weighted by atomic mass is 10.1. The first-order valence-electron chi connectivity index (χ1n) is 10.7. The van der Waals surface area contributed by atoms with Gasteiger partial charge in [0, 0.05) is 42.8 Å². The zero-order valence-corrected chi connectivity index (χ0v) is 20.1. The van der Waals surface area contributed by atoms with Gasteiger partial charge in [0.15, 0.2) is 0 Å². The smallest absolute Gasteiger partial charge is 0.253 e. The lowest BCUT2D eigenvalue weighted by Gasteiger charge is -2.34. The molecule has 7 nitrogen and oxygen atoms in total. The lowest BCUT2D eigenvalue weighted by molar-refractivity contribution is 0.0697. The Morgan fingerprint density at radius 1 is 0.875 bits per heavy atom. The Labute approximate surface area is 190 Å². The first-order valence-corrected chi connectivity index (χ1v) is 12.1. The van der Waals surface area contributed by atoms with Crippen LogP contribution in [0.1, 0.15) is 52.6 Å². The van der Waals surface area contributed by atoms with E-state index in [4.69, 9.17) is 0 Å². The summed E-state index contributed by atoms with van der Waals surface area (Å²) >= 11 is 0. The van der Waals surface area contributed by atoms with Gasteiger partial charge in [0.2, 0.25) is 10.0 Å². The van der Waals surface area contributed by atoms with Crippen molar-refractivity contribution in [1.29, 1.82) is 0 Å². The molecule has 1 saturated heterocycles. The second-order valence-electron chi connectivity index (χ2n) is 9.25. The summed E-state index contributed by atoms with van der Waals surface area (Å²) in [6.45, 7) is 10.6. The van der Waals surface area contributed by atoms with Crippen LogP contribution in [0, 0.1) is 13.8 Å². The van der Waals surface area contributed by atoms with Crippen molar-refractivity contribution in [1.82, 2.24) is 14.5 Å². The highest BCUT2D eigenvalue weighted by molar-refractivity contribution is 7.89. The predicted molar refractivity (Wildman–Crippen MR) is 124 cm³/mol. The first kappa shape index (κ1) is 23.9. The maximum absolute atomic E-state index is 13.1. The van der Waals surface area contributed by atoms with E-state index in [1.807, 2.05) is 33.8 Å². The molecule has 8 heteroatoms. The molecule has 0 aromatic heterocycles. The Balaban J connectivity index is 1.65. The summed E-state index contributed by atoms with van der Waals surface area (Å²) in [5.74, 6) is -0.363. The number of rotatable bonds is 4. The van der Waals surface area contributed by atoms with Gasteiger partial charge < -0.3 is 10.2 Å². The van der Waals surface area contributed by atoms with Crippen LogP contribution in [0.4, 0.5) is 0 Å². The van der Waals surface area contributed by atoms with Crippen LogP contribution in [0.5, 0.6) is 0 Å². The number of carbonyl (C=O) groups is 2. The number of nitrogens with zero attached hydrogens (tertiary/aromatic N) is 2. The van der Waals surface area contributed by atoms with E-state index in [2.05, 4.69) is 5.32 Å². The summed E-state index contributed by atoms with van der Waals surface area (Å²) in [6.07, 6.45) is 0. The van der Waals surface area contributed by atoms with E-state index in [0.717, 1.165) is 11.1 Å². The molecule has 2 aromatic carbocycles. The molecule has 1 N–H and O–H groups in total. The summed E-state index contributed by atoms with van der Waals surface area (Å²) in [7, 11) is -3.60. The van der Waals surface area contributed by atoms with E-state index in [1.54, 1.807) is 48.2 Å². The van der Waals surface area contributed by atoms with Crippen molar-refractivity contribution in [2.75, 3.05) is 26.2 Å². The van der Waals surface area contributed by atoms with E-state index < -0.39 is 10.0 Å². The number of amides is 2. The van der Waals surface area contributed by atoms with Crippen LogP contribution < -0.4 is 5.32 Å². The molecule has 1 aliphatic rings. The molecule has 2 aromatic rings. The molecule has 32 heavy (non-hydrogen) atoms. The molecular formula is C24H31N3O4S. The summed E-state index contributed by atoms with van der Waals surface area (Å²) < 4.78 is 27.5. The Morgan fingerprint density at radius 3 is 1.97 bits per heavy atom.